The van der Waals surface area contributed by atoms with Crippen LogP contribution in [0.5, 0.6) is 0 Å². The Morgan fingerprint density at radius 2 is 1.14 bits per heavy atom. The smallest absolute Gasteiger partial charge is 0.326 e. The number of fused-ring (bicyclic) bond motifs is 1. The predicted molar refractivity (Wildman–Crippen MR) is 256 cm³/mol. The predicted octanol–water partition coefficient (Wildman–Crippen LogP) is -4.61. The van der Waals surface area contributed by atoms with Crippen molar-refractivity contribution in [1.29, 1.82) is 5.41 Å². The van der Waals surface area contributed by atoms with Gasteiger partial charge in [-0.1, -0.05) is 0 Å². The minimum atomic E-state index is -2.12. The number of aromatic nitrogens is 4. The highest BCUT2D eigenvalue weighted by Gasteiger charge is 2.35. The number of nitrogen functional groups attached to an aromatic ring is 1. The minimum absolute atomic E-state index is 0.0251. The number of rotatable bonds is 31. The maximum Gasteiger partial charge on any atom is 0.326 e. The van der Waals surface area contributed by atoms with Gasteiger partial charge in [0.2, 0.25) is 35.5 Å². The van der Waals surface area contributed by atoms with Gasteiger partial charge in [-0.15, -0.1) is 0 Å². The fourth-order valence-corrected chi connectivity index (χ4v) is 6.72. The monoisotopic (exact) mass is 1060 g/mol. The number of carboxylic acid groups (broad SMARTS) is 5. The normalized spacial score (nSPS) is 13.2. The third-order valence-corrected chi connectivity index (χ3v) is 10.3. The summed E-state index contributed by atoms with van der Waals surface area (Å²) in [6.45, 7) is -0.0667. The molecule has 0 saturated carbocycles. The molecule has 6 amide bonds. The number of carboxylic acids is 5. The van der Waals surface area contributed by atoms with Gasteiger partial charge >= 0.3 is 29.8 Å². The van der Waals surface area contributed by atoms with E-state index in [9.17, 15) is 83.1 Å². The molecular formula is C41H53N15O17S. The number of carbonyl (C=O) groups excluding carboxylic acids is 6. The summed E-state index contributed by atoms with van der Waals surface area (Å²) in [6.07, 6.45) is -4.24. The van der Waals surface area contributed by atoms with Crippen molar-refractivity contribution in [3.63, 3.8) is 0 Å². The van der Waals surface area contributed by atoms with Crippen molar-refractivity contribution in [2.75, 3.05) is 23.3 Å². The zero-order valence-electron chi connectivity index (χ0n) is 38.7. The number of H-pyrrole nitrogens is 1. The Morgan fingerprint density at radius 3 is 1.61 bits per heavy atom. The van der Waals surface area contributed by atoms with Gasteiger partial charge in [-0.25, -0.2) is 14.8 Å². The molecule has 3 rings (SSSR count). The van der Waals surface area contributed by atoms with Crippen molar-refractivity contribution >= 4 is 107 Å². The number of guanidine groups is 1. The van der Waals surface area contributed by atoms with Crippen molar-refractivity contribution in [3.8, 4) is 0 Å². The molecule has 0 bridgehead atoms. The molecule has 19 N–H and O–H groups in total. The van der Waals surface area contributed by atoms with Crippen molar-refractivity contribution in [3.05, 3.63) is 52.1 Å². The van der Waals surface area contributed by atoms with E-state index in [0.29, 0.717) is 11.4 Å². The van der Waals surface area contributed by atoms with E-state index in [-0.39, 0.29) is 54.4 Å². The standard InChI is InChI=1S/C41H53N15O17S/c42-40(43)45-10-1-2-20(33(66)52-25(14-29(63)64)37(70)54-24(13-28(61)62)36(69)51-22(9-11-74)39(72)73)50-35(68)23(12-27(59)60)53-34(67)21(7-8-26(57)58)49-32(65)17-3-5-18(6-4-17)46-15-19-16-47-31-30(48-19)38(71)56-41(44)55-31/h3-6,16,20-25,46,74H,1-2,7-15H2,(H,49,65)(H,50,68)(H,51,69)(H,52,66)(H,53,67)(H,54,70)(H,57,58)(H,59,60)(H,61,62)(H,63,64)(H,72,73)(H4,42,43,45)(H3,44,47,55,56,71)/t20-,21-,22-,23-,24-,25-/m0/s1. The lowest BCUT2D eigenvalue weighted by molar-refractivity contribution is -0.145. The van der Waals surface area contributed by atoms with Crippen LogP contribution < -0.4 is 59.6 Å². The molecule has 0 radical (unpaired) electrons. The van der Waals surface area contributed by atoms with Crippen molar-refractivity contribution in [2.24, 2.45) is 5.73 Å². The topological polar surface area (TPSA) is 533 Å². The number of benzene rings is 1. The lowest BCUT2D eigenvalue weighted by Crippen LogP contribution is -2.60. The van der Waals surface area contributed by atoms with E-state index in [4.69, 9.17) is 16.9 Å². The third-order valence-electron chi connectivity index (χ3n) is 10.1. The van der Waals surface area contributed by atoms with Crippen molar-refractivity contribution < 1.29 is 78.3 Å². The number of amides is 6. The van der Waals surface area contributed by atoms with E-state index < -0.39 is 152 Å². The SMILES string of the molecule is N=C(N)NCCC[C@H](NC(=O)[C@H](CC(=O)O)NC(=O)[C@H](CCC(=O)O)NC(=O)c1ccc(NCc2cnc3nc(N)[nH]c(=O)c3n2)cc1)C(=O)N[C@@H](CC(=O)O)C(=O)N[C@@H](CC(=O)O)C(=O)N[C@@H](CCS)C(=O)O. The number of nitrogens with two attached hydrogens (primary N) is 2. The second-order valence-corrected chi connectivity index (χ2v) is 16.3. The van der Waals surface area contributed by atoms with Gasteiger partial charge < -0.3 is 79.5 Å². The summed E-state index contributed by atoms with van der Waals surface area (Å²) in [5, 5.41) is 73.1. The van der Waals surface area contributed by atoms with E-state index >= 15 is 0 Å². The van der Waals surface area contributed by atoms with Gasteiger partial charge in [0.05, 0.1) is 37.7 Å². The molecule has 0 spiro atoms. The maximum absolute atomic E-state index is 13.8. The summed E-state index contributed by atoms with van der Waals surface area (Å²) in [5.74, 6) is -16.3. The van der Waals surface area contributed by atoms with E-state index in [1.54, 1.807) is 0 Å². The number of carbonyl (C=O) groups is 11. The molecule has 0 saturated heterocycles. The number of aromatic amines is 1. The summed E-state index contributed by atoms with van der Waals surface area (Å²) < 4.78 is 0. The van der Waals surface area contributed by atoms with Crippen molar-refractivity contribution in [1.82, 2.24) is 57.2 Å². The highest BCUT2D eigenvalue weighted by Crippen LogP contribution is 2.13. The average Bonchev–Trinajstić information content (AvgIpc) is 3.31. The van der Waals surface area contributed by atoms with Crippen LogP contribution in [-0.4, -0.2) is 165 Å². The molecule has 0 aliphatic heterocycles. The number of anilines is 2. The molecule has 74 heavy (non-hydrogen) atoms. The van der Waals surface area contributed by atoms with Gasteiger partial charge in [-0.3, -0.25) is 63.1 Å². The first-order chi connectivity index (χ1) is 34.9. The molecule has 0 fully saturated rings. The summed E-state index contributed by atoms with van der Waals surface area (Å²) in [6, 6.07) is -5.77. The Bertz CT molecular complexity index is 2670. The zero-order chi connectivity index (χ0) is 55.2. The first-order valence-corrected chi connectivity index (χ1v) is 22.5. The van der Waals surface area contributed by atoms with Crippen LogP contribution in [0.1, 0.15) is 67.4 Å². The molecule has 33 heteroatoms. The average molecular weight is 1060 g/mol. The number of aliphatic carboxylic acids is 5. The van der Waals surface area contributed by atoms with Gasteiger partial charge in [-0.2, -0.15) is 17.6 Å². The van der Waals surface area contributed by atoms with Gasteiger partial charge in [0, 0.05) is 24.2 Å². The van der Waals surface area contributed by atoms with Crippen LogP contribution in [0.4, 0.5) is 11.6 Å². The second kappa shape index (κ2) is 28.6. The summed E-state index contributed by atoms with van der Waals surface area (Å²) in [7, 11) is 0. The Morgan fingerprint density at radius 1 is 0.649 bits per heavy atom. The number of hydrogen-bond donors (Lipinski definition) is 18. The van der Waals surface area contributed by atoms with Crippen LogP contribution in [0.25, 0.3) is 11.2 Å². The fraction of sp³-hybridized carbons (Fsp3) is 0.415. The molecule has 0 aliphatic carbocycles. The van der Waals surface area contributed by atoms with Crippen LogP contribution in [0.3, 0.4) is 0 Å². The second-order valence-electron chi connectivity index (χ2n) is 15.8. The Kier molecular flexibility index (Phi) is 22.9. The first kappa shape index (κ1) is 59.1. The van der Waals surface area contributed by atoms with E-state index in [1.807, 2.05) is 10.6 Å². The third kappa shape index (κ3) is 19.9. The molecule has 400 valence electrons. The molecule has 32 nitrogen and oxygen atoms in total. The molecule has 0 aliphatic rings. The Labute approximate surface area is 421 Å². The van der Waals surface area contributed by atoms with Crippen LogP contribution in [-0.2, 0) is 54.5 Å². The molecule has 0 unspecified atom stereocenters. The Hall–Kier alpha value is -9.17. The van der Waals surface area contributed by atoms with E-state index in [1.165, 1.54) is 30.5 Å². The number of thiol groups is 1. The van der Waals surface area contributed by atoms with Gasteiger partial charge in [-0.05, 0) is 55.7 Å². The summed E-state index contributed by atoms with van der Waals surface area (Å²) in [4.78, 5) is 166. The Balaban J connectivity index is 1.82. The highest BCUT2D eigenvalue weighted by molar-refractivity contribution is 7.80. The van der Waals surface area contributed by atoms with Crippen LogP contribution >= 0.6 is 12.6 Å². The van der Waals surface area contributed by atoms with Crippen LogP contribution in [0.15, 0.2) is 35.3 Å². The first-order valence-electron chi connectivity index (χ1n) is 21.8. The molecule has 2 heterocycles. The van der Waals surface area contributed by atoms with Crippen LogP contribution in [0, 0.1) is 5.41 Å². The molecule has 2 aromatic heterocycles. The maximum atomic E-state index is 13.8. The number of nitrogens with zero attached hydrogens (tertiary/aromatic N) is 3. The minimum Gasteiger partial charge on any atom is -0.481 e. The van der Waals surface area contributed by atoms with Gasteiger partial charge in [0.15, 0.2) is 17.1 Å². The van der Waals surface area contributed by atoms with E-state index in [0.717, 1.165) is 0 Å². The largest absolute Gasteiger partial charge is 0.481 e. The number of nitrogens with one attached hydrogen (secondary N) is 10. The van der Waals surface area contributed by atoms with Gasteiger partial charge in [0.1, 0.15) is 36.3 Å². The van der Waals surface area contributed by atoms with Crippen LogP contribution in [0.2, 0.25) is 0 Å². The number of hydrogen-bond acceptors (Lipinski definition) is 19. The molecular weight excluding hydrogens is 1010 g/mol. The highest BCUT2D eigenvalue weighted by atomic mass is 32.1. The summed E-state index contributed by atoms with van der Waals surface area (Å²) >= 11 is 3.90. The summed E-state index contributed by atoms with van der Waals surface area (Å²) in [5.41, 5.74) is 10.9. The van der Waals surface area contributed by atoms with Gasteiger partial charge in [0.25, 0.3) is 11.5 Å². The quantitative estimate of drug-likeness (QED) is 0.0125. The zero-order valence-corrected chi connectivity index (χ0v) is 39.6. The lowest BCUT2D eigenvalue weighted by atomic mass is 10.1. The molecule has 3 aromatic rings. The molecule has 1 aromatic carbocycles. The lowest BCUT2D eigenvalue weighted by Gasteiger charge is -2.26. The fourth-order valence-electron chi connectivity index (χ4n) is 6.46. The molecule has 6 atom stereocenters. The van der Waals surface area contributed by atoms with E-state index in [2.05, 4.69) is 64.5 Å². The van der Waals surface area contributed by atoms with Crippen molar-refractivity contribution in [2.45, 2.75) is 94.2 Å².